The minimum atomic E-state index is -0.754. The zero-order valence-corrected chi connectivity index (χ0v) is 20.5. The highest BCUT2D eigenvalue weighted by Crippen LogP contribution is 2.30. The summed E-state index contributed by atoms with van der Waals surface area (Å²) in [6.07, 6.45) is -0.248. The van der Waals surface area contributed by atoms with E-state index in [9.17, 15) is 23.6 Å². The number of hydrogen-bond acceptors (Lipinski definition) is 6. The van der Waals surface area contributed by atoms with E-state index < -0.39 is 29.5 Å². The molecule has 1 aliphatic rings. The first-order valence-corrected chi connectivity index (χ1v) is 11.6. The Hall–Kier alpha value is -4.50. The number of carbonyl (C=O) groups is 4. The lowest BCUT2D eigenvalue weighted by molar-refractivity contribution is -0.120. The Bertz CT molecular complexity index is 1420. The number of esters is 1. The molecule has 0 saturated carbocycles. The van der Waals surface area contributed by atoms with Gasteiger partial charge in [-0.3, -0.25) is 14.4 Å². The maximum atomic E-state index is 13.3. The van der Waals surface area contributed by atoms with Crippen LogP contribution in [-0.4, -0.2) is 29.8 Å². The van der Waals surface area contributed by atoms with E-state index in [4.69, 9.17) is 16.3 Å². The number of ether oxygens (including phenoxy) is 1. The topological polar surface area (TPSA) is 105 Å². The summed E-state index contributed by atoms with van der Waals surface area (Å²) < 4.78 is 18.4. The van der Waals surface area contributed by atoms with Crippen LogP contribution in [0.3, 0.4) is 0 Å². The molecule has 3 aromatic carbocycles. The van der Waals surface area contributed by atoms with Gasteiger partial charge in [0.25, 0.3) is 17.7 Å². The van der Waals surface area contributed by atoms with Crippen molar-refractivity contribution in [3.05, 3.63) is 100 Å². The molecule has 0 unspecified atom stereocenters. The molecule has 0 bridgehead atoms. The van der Waals surface area contributed by atoms with Gasteiger partial charge in [-0.1, -0.05) is 17.7 Å². The Morgan fingerprint density at radius 3 is 2.22 bits per heavy atom. The van der Waals surface area contributed by atoms with E-state index in [2.05, 4.69) is 10.6 Å². The van der Waals surface area contributed by atoms with Crippen LogP contribution < -0.4 is 15.5 Å². The molecular formula is C27H21ClFN3O5. The molecule has 4 rings (SSSR count). The fourth-order valence-electron chi connectivity index (χ4n) is 3.49. The van der Waals surface area contributed by atoms with E-state index in [1.165, 1.54) is 18.2 Å². The molecule has 1 aliphatic heterocycles. The second-order valence-electron chi connectivity index (χ2n) is 8.30. The van der Waals surface area contributed by atoms with Gasteiger partial charge in [-0.25, -0.2) is 14.1 Å². The summed E-state index contributed by atoms with van der Waals surface area (Å²) in [5, 5.41) is 5.20. The molecule has 0 radical (unpaired) electrons. The van der Waals surface area contributed by atoms with Crippen LogP contribution in [0.5, 0.6) is 0 Å². The predicted octanol–water partition coefficient (Wildman–Crippen LogP) is 5.08. The smallest absolute Gasteiger partial charge is 0.338 e. The Morgan fingerprint density at radius 1 is 0.892 bits per heavy atom. The molecule has 3 aromatic rings. The number of nitrogens with one attached hydrogen (secondary N) is 2. The highest BCUT2D eigenvalue weighted by molar-refractivity contribution is 6.53. The van der Waals surface area contributed by atoms with Crippen molar-refractivity contribution in [2.75, 3.05) is 15.5 Å². The van der Waals surface area contributed by atoms with E-state index in [1.807, 2.05) is 0 Å². The van der Waals surface area contributed by atoms with Gasteiger partial charge >= 0.3 is 5.97 Å². The zero-order chi connectivity index (χ0) is 26.7. The van der Waals surface area contributed by atoms with Gasteiger partial charge in [-0.2, -0.15) is 0 Å². The van der Waals surface area contributed by atoms with E-state index in [0.717, 1.165) is 17.0 Å². The van der Waals surface area contributed by atoms with Gasteiger partial charge in [0, 0.05) is 16.9 Å². The van der Waals surface area contributed by atoms with Crippen LogP contribution >= 0.6 is 11.6 Å². The van der Waals surface area contributed by atoms with Gasteiger partial charge in [-0.15, -0.1) is 0 Å². The standard InChI is InChI=1S/C27H21ClFN3O5/c1-15(2)37-27(36)16-6-10-19(11-7-16)31-24(33)17-4-3-5-20(14-17)30-23-22(28)25(34)32(26(23)35)21-12-8-18(29)9-13-21/h3-15,30H,1-2H3,(H,31,33). The van der Waals surface area contributed by atoms with Crippen LogP contribution in [0.25, 0.3) is 0 Å². The Kier molecular flexibility index (Phi) is 7.35. The van der Waals surface area contributed by atoms with Crippen molar-refractivity contribution in [2.45, 2.75) is 20.0 Å². The van der Waals surface area contributed by atoms with Gasteiger partial charge < -0.3 is 15.4 Å². The minimum absolute atomic E-state index is 0.169. The van der Waals surface area contributed by atoms with Crippen molar-refractivity contribution in [3.63, 3.8) is 0 Å². The van der Waals surface area contributed by atoms with E-state index >= 15 is 0 Å². The van der Waals surface area contributed by atoms with Gasteiger partial charge in [0.05, 0.1) is 17.4 Å². The molecule has 1 heterocycles. The van der Waals surface area contributed by atoms with Crippen LogP contribution in [-0.2, 0) is 14.3 Å². The summed E-state index contributed by atoms with van der Waals surface area (Å²) in [6, 6.07) is 17.3. The molecule has 37 heavy (non-hydrogen) atoms. The molecule has 0 aromatic heterocycles. The van der Waals surface area contributed by atoms with Crippen LogP contribution in [0.2, 0.25) is 0 Å². The molecule has 0 spiro atoms. The van der Waals surface area contributed by atoms with E-state index in [-0.39, 0.29) is 28.1 Å². The molecule has 0 fully saturated rings. The fraction of sp³-hybridized carbons (Fsp3) is 0.111. The van der Waals surface area contributed by atoms with Gasteiger partial charge in [0.1, 0.15) is 16.5 Å². The lowest BCUT2D eigenvalue weighted by Gasteiger charge is -2.15. The number of benzene rings is 3. The summed E-state index contributed by atoms with van der Waals surface area (Å²) in [4.78, 5) is 51.1. The quantitative estimate of drug-likeness (QED) is 0.332. The lowest BCUT2D eigenvalue weighted by Crippen LogP contribution is -2.32. The van der Waals surface area contributed by atoms with Crippen molar-refractivity contribution < 1.29 is 28.3 Å². The molecule has 0 saturated heterocycles. The average molecular weight is 522 g/mol. The fourth-order valence-corrected chi connectivity index (χ4v) is 3.71. The van der Waals surface area contributed by atoms with Gasteiger partial charge in [0.2, 0.25) is 0 Å². The largest absolute Gasteiger partial charge is 0.459 e. The SMILES string of the molecule is CC(C)OC(=O)c1ccc(NC(=O)c2cccc(NC3=C(Cl)C(=O)N(c4ccc(F)cc4)C3=O)c2)cc1. The summed E-state index contributed by atoms with van der Waals surface area (Å²) in [5.41, 5.74) is 1.42. The first-order chi connectivity index (χ1) is 17.6. The van der Waals surface area contributed by atoms with Crippen molar-refractivity contribution in [3.8, 4) is 0 Å². The maximum absolute atomic E-state index is 13.3. The first-order valence-electron chi connectivity index (χ1n) is 11.2. The van der Waals surface area contributed by atoms with Crippen LogP contribution in [0.4, 0.5) is 21.5 Å². The summed E-state index contributed by atoms with van der Waals surface area (Å²) in [6.45, 7) is 3.50. The first kappa shape index (κ1) is 25.6. The van der Waals surface area contributed by atoms with E-state index in [1.54, 1.807) is 56.3 Å². The molecule has 2 N–H and O–H groups in total. The summed E-state index contributed by atoms with van der Waals surface area (Å²) in [7, 11) is 0. The zero-order valence-electron chi connectivity index (χ0n) is 19.7. The molecule has 10 heteroatoms. The van der Waals surface area contributed by atoms with Crippen molar-refractivity contribution in [2.24, 2.45) is 0 Å². The van der Waals surface area contributed by atoms with Crippen LogP contribution in [0.15, 0.2) is 83.5 Å². The Balaban J connectivity index is 1.46. The van der Waals surface area contributed by atoms with Crippen molar-refractivity contribution >= 4 is 52.4 Å². The van der Waals surface area contributed by atoms with Gasteiger partial charge in [-0.05, 0) is 80.6 Å². The molecule has 0 aliphatic carbocycles. The van der Waals surface area contributed by atoms with Crippen molar-refractivity contribution in [1.29, 1.82) is 0 Å². The Morgan fingerprint density at radius 2 is 1.57 bits per heavy atom. The average Bonchev–Trinajstić information content (AvgIpc) is 3.08. The highest BCUT2D eigenvalue weighted by Gasteiger charge is 2.39. The normalized spacial score (nSPS) is 13.3. The van der Waals surface area contributed by atoms with Crippen LogP contribution in [0, 0.1) is 5.82 Å². The minimum Gasteiger partial charge on any atom is -0.459 e. The molecule has 188 valence electrons. The number of amides is 3. The van der Waals surface area contributed by atoms with Gasteiger partial charge in [0.15, 0.2) is 0 Å². The summed E-state index contributed by atoms with van der Waals surface area (Å²) >= 11 is 6.14. The number of rotatable bonds is 7. The number of nitrogens with zero attached hydrogens (tertiary/aromatic N) is 1. The number of imide groups is 1. The predicted molar refractivity (Wildman–Crippen MR) is 137 cm³/mol. The molecule has 3 amide bonds. The molecular weight excluding hydrogens is 501 g/mol. The number of carbonyl (C=O) groups excluding carboxylic acids is 4. The monoisotopic (exact) mass is 521 g/mol. The highest BCUT2D eigenvalue weighted by atomic mass is 35.5. The number of hydrogen-bond donors (Lipinski definition) is 2. The van der Waals surface area contributed by atoms with Crippen LogP contribution in [0.1, 0.15) is 34.6 Å². The van der Waals surface area contributed by atoms with Crippen molar-refractivity contribution in [1.82, 2.24) is 0 Å². The third-order valence-electron chi connectivity index (χ3n) is 5.23. The molecule has 8 nitrogen and oxygen atoms in total. The number of halogens is 2. The lowest BCUT2D eigenvalue weighted by atomic mass is 10.1. The van der Waals surface area contributed by atoms with E-state index in [0.29, 0.717) is 16.9 Å². The second-order valence-corrected chi connectivity index (χ2v) is 8.68. The second kappa shape index (κ2) is 10.6. The summed E-state index contributed by atoms with van der Waals surface area (Å²) in [5.74, 6) is -2.89. The number of anilines is 3. The Labute approximate surface area is 216 Å². The maximum Gasteiger partial charge on any atom is 0.338 e. The third-order valence-corrected chi connectivity index (χ3v) is 5.58. The molecule has 0 atom stereocenters. The third kappa shape index (κ3) is 5.68.